The van der Waals surface area contributed by atoms with Crippen molar-refractivity contribution >= 4 is 23.3 Å². The third-order valence-corrected chi connectivity index (χ3v) is 2.15. The van der Waals surface area contributed by atoms with Crippen LogP contribution in [0, 0.1) is 0 Å². The molecule has 0 saturated heterocycles. The first-order valence-electron chi connectivity index (χ1n) is 4.69. The summed E-state index contributed by atoms with van der Waals surface area (Å²) in [5, 5.41) is 0. The molecule has 0 saturated carbocycles. The number of benzene rings is 1. The van der Waals surface area contributed by atoms with Gasteiger partial charge in [0, 0.05) is 0 Å². The van der Waals surface area contributed by atoms with Crippen molar-refractivity contribution in [3.05, 3.63) is 29.8 Å². The Balaban J connectivity index is 2.51. The Morgan fingerprint density at radius 1 is 1.25 bits per heavy atom. The van der Waals surface area contributed by atoms with Crippen LogP contribution in [0.15, 0.2) is 24.3 Å². The van der Waals surface area contributed by atoms with Gasteiger partial charge in [0.15, 0.2) is 5.78 Å². The fourth-order valence-electron chi connectivity index (χ4n) is 1.11. The summed E-state index contributed by atoms with van der Waals surface area (Å²) in [5.41, 5.74) is 5.86. The van der Waals surface area contributed by atoms with Gasteiger partial charge in [0.05, 0.1) is 12.3 Å². The van der Waals surface area contributed by atoms with Crippen molar-refractivity contribution < 1.29 is 14.3 Å². The number of nitrogens with two attached hydrogens (primary N) is 1. The fourth-order valence-corrected chi connectivity index (χ4v) is 1.18. The number of ether oxygens (including phenoxy) is 1. The predicted molar refractivity (Wildman–Crippen MR) is 60.6 cm³/mol. The molecule has 0 aromatic heterocycles. The number of amides is 1. The molecule has 0 fully saturated rings. The second kappa shape index (κ2) is 6.12. The molecular formula is C11H12ClNO3. The molecule has 0 unspecified atom stereocenters. The van der Waals surface area contributed by atoms with Gasteiger partial charge in [0.25, 0.3) is 0 Å². The van der Waals surface area contributed by atoms with Gasteiger partial charge in [-0.3, -0.25) is 9.59 Å². The molecule has 16 heavy (non-hydrogen) atoms. The first-order valence-corrected chi connectivity index (χ1v) is 5.23. The molecular weight excluding hydrogens is 230 g/mol. The van der Waals surface area contributed by atoms with Crippen LogP contribution in [0.2, 0.25) is 0 Å². The normalized spacial score (nSPS) is 9.81. The first-order chi connectivity index (χ1) is 7.61. The number of ketones is 1. The van der Waals surface area contributed by atoms with Gasteiger partial charge in [-0.1, -0.05) is 12.1 Å². The van der Waals surface area contributed by atoms with E-state index in [1.807, 2.05) is 0 Å². The second-order valence-electron chi connectivity index (χ2n) is 3.25. The Hall–Kier alpha value is -1.55. The van der Waals surface area contributed by atoms with E-state index in [9.17, 15) is 9.59 Å². The molecule has 0 heterocycles. The smallest absolute Gasteiger partial charge is 0.221 e. The van der Waals surface area contributed by atoms with Crippen LogP contribution in [0.5, 0.6) is 5.75 Å². The number of Topliss-reactive ketones (excluding diaryl/α,β-unsaturated/α-hetero) is 1. The predicted octanol–water partition coefficient (Wildman–Crippen LogP) is 0.901. The Labute approximate surface area is 98.3 Å². The van der Waals surface area contributed by atoms with Crippen molar-refractivity contribution in [3.63, 3.8) is 0 Å². The number of carbonyl (C=O) groups is 2. The summed E-state index contributed by atoms with van der Waals surface area (Å²) in [6.07, 6.45) is 0.195. The number of hydrogen-bond donors (Lipinski definition) is 1. The zero-order valence-electron chi connectivity index (χ0n) is 8.61. The molecule has 0 aliphatic heterocycles. The Kier molecular flexibility index (Phi) is 4.79. The molecule has 1 rings (SSSR count). The lowest BCUT2D eigenvalue weighted by atomic mass is 10.1. The largest absolute Gasteiger partial charge is 0.486 e. The maximum Gasteiger partial charge on any atom is 0.221 e. The average Bonchev–Trinajstić information content (AvgIpc) is 2.27. The van der Waals surface area contributed by atoms with Crippen molar-refractivity contribution in [3.8, 4) is 5.75 Å². The first kappa shape index (κ1) is 12.5. The molecule has 2 N–H and O–H groups in total. The highest BCUT2D eigenvalue weighted by molar-refractivity contribution is 6.27. The highest BCUT2D eigenvalue weighted by Gasteiger charge is 2.02. The molecule has 0 aliphatic carbocycles. The van der Waals surface area contributed by atoms with Gasteiger partial charge in [-0.25, -0.2) is 0 Å². The third-order valence-electron chi connectivity index (χ3n) is 1.85. The van der Waals surface area contributed by atoms with Gasteiger partial charge in [-0.05, 0) is 17.7 Å². The summed E-state index contributed by atoms with van der Waals surface area (Å²) in [6, 6.07) is 6.82. The summed E-state index contributed by atoms with van der Waals surface area (Å²) >= 11 is 5.32. The second-order valence-corrected chi connectivity index (χ2v) is 3.52. The van der Waals surface area contributed by atoms with Gasteiger partial charge >= 0.3 is 0 Å². The summed E-state index contributed by atoms with van der Waals surface area (Å²) in [5.74, 6) is -0.0553. The van der Waals surface area contributed by atoms with Crippen LogP contribution < -0.4 is 10.5 Å². The standard InChI is InChI=1S/C11H12ClNO3/c12-6-9(14)7-16-10-3-1-8(2-4-10)5-11(13)15/h1-4H,5-7H2,(H2,13,15). The minimum atomic E-state index is -0.383. The van der Waals surface area contributed by atoms with E-state index in [1.165, 1.54) is 0 Å². The van der Waals surface area contributed by atoms with E-state index in [0.29, 0.717) is 5.75 Å². The minimum Gasteiger partial charge on any atom is -0.486 e. The number of hydrogen-bond acceptors (Lipinski definition) is 3. The van der Waals surface area contributed by atoms with Crippen LogP contribution >= 0.6 is 11.6 Å². The zero-order valence-corrected chi connectivity index (χ0v) is 9.37. The van der Waals surface area contributed by atoms with Crippen molar-refractivity contribution in [1.82, 2.24) is 0 Å². The number of alkyl halides is 1. The average molecular weight is 242 g/mol. The van der Waals surface area contributed by atoms with Crippen molar-refractivity contribution in [2.24, 2.45) is 5.73 Å². The van der Waals surface area contributed by atoms with Crippen LogP contribution in [0.25, 0.3) is 0 Å². The molecule has 0 bridgehead atoms. The van der Waals surface area contributed by atoms with Gasteiger partial charge < -0.3 is 10.5 Å². The number of carbonyl (C=O) groups excluding carboxylic acids is 2. The number of halogens is 1. The van der Waals surface area contributed by atoms with Gasteiger partial charge in [-0.15, -0.1) is 11.6 Å². The summed E-state index contributed by atoms with van der Waals surface area (Å²) in [6.45, 7) is -0.0430. The molecule has 0 aliphatic rings. The van der Waals surface area contributed by atoms with E-state index in [2.05, 4.69) is 0 Å². The SMILES string of the molecule is NC(=O)Cc1ccc(OCC(=O)CCl)cc1. The molecule has 1 aromatic carbocycles. The quantitative estimate of drug-likeness (QED) is 0.753. The van der Waals surface area contributed by atoms with E-state index >= 15 is 0 Å². The van der Waals surface area contributed by atoms with Crippen LogP contribution in [0.1, 0.15) is 5.56 Å². The summed E-state index contributed by atoms with van der Waals surface area (Å²) < 4.78 is 5.17. The topological polar surface area (TPSA) is 69.4 Å². The molecule has 5 heteroatoms. The van der Waals surface area contributed by atoms with E-state index in [4.69, 9.17) is 22.1 Å². The maximum absolute atomic E-state index is 10.9. The molecule has 0 atom stereocenters. The Morgan fingerprint density at radius 3 is 2.38 bits per heavy atom. The minimum absolute atomic E-state index is 0.0430. The number of rotatable bonds is 6. The van der Waals surface area contributed by atoms with Crippen molar-refractivity contribution in [1.29, 1.82) is 0 Å². The summed E-state index contributed by atoms with van der Waals surface area (Å²) in [4.78, 5) is 21.5. The molecule has 4 nitrogen and oxygen atoms in total. The zero-order chi connectivity index (χ0) is 12.0. The lowest BCUT2D eigenvalue weighted by Gasteiger charge is -2.04. The van der Waals surface area contributed by atoms with E-state index < -0.39 is 0 Å². The van der Waals surface area contributed by atoms with Crippen LogP contribution in [-0.4, -0.2) is 24.2 Å². The molecule has 0 spiro atoms. The van der Waals surface area contributed by atoms with Crippen LogP contribution in [0.4, 0.5) is 0 Å². The van der Waals surface area contributed by atoms with E-state index in [1.54, 1.807) is 24.3 Å². The fraction of sp³-hybridized carbons (Fsp3) is 0.273. The van der Waals surface area contributed by atoms with Crippen LogP contribution in [-0.2, 0) is 16.0 Å². The molecule has 86 valence electrons. The van der Waals surface area contributed by atoms with Gasteiger partial charge in [0.1, 0.15) is 12.4 Å². The monoisotopic (exact) mass is 241 g/mol. The van der Waals surface area contributed by atoms with Crippen LogP contribution in [0.3, 0.4) is 0 Å². The Morgan fingerprint density at radius 2 is 1.88 bits per heavy atom. The van der Waals surface area contributed by atoms with Gasteiger partial charge in [-0.2, -0.15) is 0 Å². The van der Waals surface area contributed by atoms with E-state index in [-0.39, 0.29) is 30.6 Å². The molecule has 0 radical (unpaired) electrons. The number of primary amides is 1. The molecule has 1 amide bonds. The lowest BCUT2D eigenvalue weighted by Crippen LogP contribution is -2.14. The Bertz CT molecular complexity index is 375. The lowest BCUT2D eigenvalue weighted by molar-refractivity contribution is -0.119. The van der Waals surface area contributed by atoms with Gasteiger partial charge in [0.2, 0.25) is 5.91 Å². The van der Waals surface area contributed by atoms with E-state index in [0.717, 1.165) is 5.56 Å². The van der Waals surface area contributed by atoms with Crippen molar-refractivity contribution in [2.75, 3.05) is 12.5 Å². The summed E-state index contributed by atoms with van der Waals surface area (Å²) in [7, 11) is 0. The molecule has 1 aromatic rings. The third kappa shape index (κ3) is 4.31. The highest BCUT2D eigenvalue weighted by atomic mass is 35.5. The van der Waals surface area contributed by atoms with Crippen molar-refractivity contribution in [2.45, 2.75) is 6.42 Å². The highest BCUT2D eigenvalue weighted by Crippen LogP contribution is 2.12. The maximum atomic E-state index is 10.9.